The zero-order valence-corrected chi connectivity index (χ0v) is 18.7. The van der Waals surface area contributed by atoms with Crippen molar-refractivity contribution in [2.75, 3.05) is 32.8 Å². The topological polar surface area (TPSA) is 62.6 Å². The predicted octanol–water partition coefficient (Wildman–Crippen LogP) is 4.80. The van der Waals surface area contributed by atoms with Crippen LogP contribution < -0.4 is 0 Å². The first-order valence-corrected chi connectivity index (χ1v) is 11.1. The fourth-order valence-electron chi connectivity index (χ4n) is 3.90. The van der Waals surface area contributed by atoms with Crippen molar-refractivity contribution in [2.24, 2.45) is 5.92 Å². The van der Waals surface area contributed by atoms with Gasteiger partial charge in [0, 0.05) is 6.54 Å². The quantitative estimate of drug-likeness (QED) is 0.310. The van der Waals surface area contributed by atoms with E-state index in [0.717, 1.165) is 37.1 Å². The second-order valence-electron chi connectivity index (χ2n) is 7.95. The average Bonchev–Trinajstić information content (AvgIpc) is 2.83. The van der Waals surface area contributed by atoms with Gasteiger partial charge in [0.05, 0.1) is 13.2 Å². The Balaban J connectivity index is 1.55. The van der Waals surface area contributed by atoms with E-state index >= 15 is 0 Å². The Labute approximate surface area is 193 Å². The standard InChI is InChI=1S/C26H28F2N2O3/c1-2-32-26(31)22(18-29)17-19-11-13-30(14-12-19)15-16-33-25(20-3-7-23(27)8-4-20)21-5-9-24(28)10-6-21/h3-10,17,19,25H,2,11-16H2,1H3/b22-17+. The van der Waals surface area contributed by atoms with Gasteiger partial charge in [-0.2, -0.15) is 5.26 Å². The number of rotatable bonds is 9. The van der Waals surface area contributed by atoms with Crippen LogP contribution in [-0.2, 0) is 14.3 Å². The van der Waals surface area contributed by atoms with Gasteiger partial charge < -0.3 is 14.4 Å². The van der Waals surface area contributed by atoms with Gasteiger partial charge in [0.15, 0.2) is 0 Å². The monoisotopic (exact) mass is 454 g/mol. The molecule has 33 heavy (non-hydrogen) atoms. The van der Waals surface area contributed by atoms with Crippen molar-refractivity contribution in [3.63, 3.8) is 0 Å². The summed E-state index contributed by atoms with van der Waals surface area (Å²) in [5, 5.41) is 9.20. The highest BCUT2D eigenvalue weighted by Gasteiger charge is 2.21. The second-order valence-corrected chi connectivity index (χ2v) is 7.95. The van der Waals surface area contributed by atoms with E-state index in [0.29, 0.717) is 13.2 Å². The SMILES string of the molecule is CCOC(=O)/C(C#N)=C/C1CCN(CCOC(c2ccc(F)cc2)c2ccc(F)cc2)CC1. The second kappa shape index (κ2) is 12.2. The lowest BCUT2D eigenvalue weighted by Crippen LogP contribution is -2.36. The lowest BCUT2D eigenvalue weighted by Gasteiger charge is -2.31. The number of carbonyl (C=O) groups excluding carboxylic acids is 1. The van der Waals surface area contributed by atoms with E-state index in [2.05, 4.69) is 4.90 Å². The zero-order chi connectivity index (χ0) is 23.6. The van der Waals surface area contributed by atoms with Crippen molar-refractivity contribution >= 4 is 5.97 Å². The highest BCUT2D eigenvalue weighted by Crippen LogP contribution is 2.27. The summed E-state index contributed by atoms with van der Waals surface area (Å²) in [6.07, 6.45) is 2.98. The van der Waals surface area contributed by atoms with Crippen LogP contribution in [0.15, 0.2) is 60.2 Å². The molecule has 1 fully saturated rings. The van der Waals surface area contributed by atoms with Gasteiger partial charge in [-0.15, -0.1) is 0 Å². The minimum atomic E-state index is -0.566. The van der Waals surface area contributed by atoms with Gasteiger partial charge >= 0.3 is 5.97 Å². The van der Waals surface area contributed by atoms with Crippen molar-refractivity contribution in [3.05, 3.63) is 82.9 Å². The molecule has 2 aromatic carbocycles. The third kappa shape index (κ3) is 7.21. The number of halogens is 2. The lowest BCUT2D eigenvalue weighted by molar-refractivity contribution is -0.138. The molecule has 1 heterocycles. The summed E-state index contributed by atoms with van der Waals surface area (Å²) < 4.78 is 37.8. The number of carbonyl (C=O) groups is 1. The highest BCUT2D eigenvalue weighted by atomic mass is 19.1. The smallest absolute Gasteiger partial charge is 0.348 e. The Kier molecular flexibility index (Phi) is 9.11. The summed E-state index contributed by atoms with van der Waals surface area (Å²) >= 11 is 0. The van der Waals surface area contributed by atoms with Crippen molar-refractivity contribution in [1.29, 1.82) is 5.26 Å². The molecule has 0 unspecified atom stereocenters. The molecule has 5 nitrogen and oxygen atoms in total. The third-order valence-electron chi connectivity index (χ3n) is 5.69. The van der Waals surface area contributed by atoms with Crippen LogP contribution in [0.1, 0.15) is 37.0 Å². The van der Waals surface area contributed by atoms with Gasteiger partial charge in [0.1, 0.15) is 29.4 Å². The molecule has 0 radical (unpaired) electrons. The van der Waals surface area contributed by atoms with E-state index in [1.807, 2.05) is 6.07 Å². The molecule has 0 N–H and O–H groups in total. The van der Waals surface area contributed by atoms with Gasteiger partial charge in [-0.25, -0.2) is 13.6 Å². The summed E-state index contributed by atoms with van der Waals surface area (Å²) in [6, 6.07) is 14.2. The summed E-state index contributed by atoms with van der Waals surface area (Å²) in [7, 11) is 0. The predicted molar refractivity (Wildman–Crippen MR) is 120 cm³/mol. The Morgan fingerprint density at radius 3 is 2.12 bits per heavy atom. The minimum Gasteiger partial charge on any atom is -0.462 e. The number of ether oxygens (including phenoxy) is 2. The van der Waals surface area contributed by atoms with E-state index in [1.54, 1.807) is 37.3 Å². The molecule has 0 aromatic heterocycles. The normalized spacial score (nSPS) is 15.4. The first-order valence-electron chi connectivity index (χ1n) is 11.1. The molecular formula is C26H28F2N2O3. The number of nitriles is 1. The summed E-state index contributed by atoms with van der Waals surface area (Å²) in [5.41, 5.74) is 1.67. The van der Waals surface area contributed by atoms with Gasteiger partial charge in [0.25, 0.3) is 0 Å². The first-order chi connectivity index (χ1) is 16.0. The number of allylic oxidation sites excluding steroid dienone is 1. The van der Waals surface area contributed by atoms with Crippen molar-refractivity contribution in [1.82, 2.24) is 4.90 Å². The van der Waals surface area contributed by atoms with E-state index in [9.17, 15) is 18.8 Å². The van der Waals surface area contributed by atoms with Crippen LogP contribution in [0.25, 0.3) is 0 Å². The first kappa shape index (κ1) is 24.6. The largest absolute Gasteiger partial charge is 0.462 e. The van der Waals surface area contributed by atoms with Crippen LogP contribution in [-0.4, -0.2) is 43.7 Å². The summed E-state index contributed by atoms with van der Waals surface area (Å²) in [5.74, 6) is -1.05. The molecule has 3 rings (SSSR count). The fraction of sp³-hybridized carbons (Fsp3) is 0.385. The number of likely N-dealkylation sites (tertiary alicyclic amines) is 1. The maximum absolute atomic E-state index is 13.4. The molecular weight excluding hydrogens is 426 g/mol. The number of hydrogen-bond acceptors (Lipinski definition) is 5. The number of piperidine rings is 1. The van der Waals surface area contributed by atoms with Gasteiger partial charge in [-0.05, 0) is 74.2 Å². The molecule has 0 spiro atoms. The highest BCUT2D eigenvalue weighted by molar-refractivity contribution is 5.92. The summed E-state index contributed by atoms with van der Waals surface area (Å²) in [6.45, 7) is 4.76. The molecule has 0 amide bonds. The number of esters is 1. The van der Waals surface area contributed by atoms with Crippen LogP contribution in [0.5, 0.6) is 0 Å². The maximum atomic E-state index is 13.4. The van der Waals surface area contributed by atoms with Crippen LogP contribution >= 0.6 is 0 Å². The van der Waals surface area contributed by atoms with Gasteiger partial charge in [-0.1, -0.05) is 30.3 Å². The lowest BCUT2D eigenvalue weighted by atomic mass is 9.94. The van der Waals surface area contributed by atoms with Crippen molar-refractivity contribution in [3.8, 4) is 6.07 Å². The molecule has 0 bridgehead atoms. The molecule has 7 heteroatoms. The number of hydrogen-bond donors (Lipinski definition) is 0. The Morgan fingerprint density at radius 2 is 1.64 bits per heavy atom. The van der Waals surface area contributed by atoms with E-state index in [1.165, 1.54) is 24.3 Å². The van der Waals surface area contributed by atoms with Gasteiger partial charge in [-0.3, -0.25) is 0 Å². The Morgan fingerprint density at radius 1 is 1.09 bits per heavy atom. The zero-order valence-electron chi connectivity index (χ0n) is 18.7. The maximum Gasteiger partial charge on any atom is 0.348 e. The van der Waals surface area contributed by atoms with Crippen molar-refractivity contribution < 1.29 is 23.0 Å². The van der Waals surface area contributed by atoms with Crippen LogP contribution in [0.3, 0.4) is 0 Å². The van der Waals surface area contributed by atoms with Crippen molar-refractivity contribution in [2.45, 2.75) is 25.9 Å². The third-order valence-corrected chi connectivity index (χ3v) is 5.69. The van der Waals surface area contributed by atoms with E-state index in [4.69, 9.17) is 9.47 Å². The Bertz CT molecular complexity index is 931. The molecule has 0 aliphatic carbocycles. The van der Waals surface area contributed by atoms with Crippen LogP contribution in [0.4, 0.5) is 8.78 Å². The van der Waals surface area contributed by atoms with Crippen LogP contribution in [0, 0.1) is 28.9 Å². The molecule has 1 saturated heterocycles. The fourth-order valence-corrected chi connectivity index (χ4v) is 3.90. The van der Waals surface area contributed by atoms with Crippen LogP contribution in [0.2, 0.25) is 0 Å². The van der Waals surface area contributed by atoms with E-state index < -0.39 is 12.1 Å². The molecule has 1 aliphatic rings. The summed E-state index contributed by atoms with van der Waals surface area (Å²) in [4.78, 5) is 14.1. The molecule has 0 atom stereocenters. The van der Waals surface area contributed by atoms with E-state index in [-0.39, 0.29) is 29.7 Å². The van der Waals surface area contributed by atoms with Gasteiger partial charge in [0.2, 0.25) is 0 Å². The molecule has 1 aliphatic heterocycles. The number of benzene rings is 2. The molecule has 174 valence electrons. The Hall–Kier alpha value is -3.08. The number of nitrogens with zero attached hydrogens (tertiary/aromatic N) is 2. The molecule has 2 aromatic rings. The molecule has 0 saturated carbocycles. The average molecular weight is 455 g/mol. The minimum absolute atomic E-state index is 0.0695.